The highest BCUT2D eigenvalue weighted by atomic mass is 35.5. The fourth-order valence-electron chi connectivity index (χ4n) is 2.47. The van der Waals surface area contributed by atoms with Gasteiger partial charge in [-0.2, -0.15) is 0 Å². The van der Waals surface area contributed by atoms with E-state index in [1.165, 1.54) is 16.3 Å². The summed E-state index contributed by atoms with van der Waals surface area (Å²) in [5, 5.41) is 11.1. The van der Waals surface area contributed by atoms with Crippen LogP contribution in [0.3, 0.4) is 0 Å². The summed E-state index contributed by atoms with van der Waals surface area (Å²) >= 11 is 6.18. The Balaban J connectivity index is 2.08. The predicted molar refractivity (Wildman–Crippen MR) is 82.2 cm³/mol. The average molecular weight is 286 g/mol. The minimum absolute atomic E-state index is 0.296. The summed E-state index contributed by atoms with van der Waals surface area (Å²) in [5.74, 6) is 1.22. The van der Waals surface area contributed by atoms with Crippen molar-refractivity contribution in [2.45, 2.75) is 26.3 Å². The Morgan fingerprint density at radius 1 is 1.05 bits per heavy atom. The second kappa shape index (κ2) is 5.25. The van der Waals surface area contributed by atoms with Crippen LogP contribution in [0, 0.1) is 0 Å². The molecule has 0 fully saturated rings. The third-order valence-electron chi connectivity index (χ3n) is 3.46. The van der Waals surface area contributed by atoms with E-state index in [2.05, 4.69) is 66.5 Å². The molecule has 0 unspecified atom stereocenters. The second-order valence-electron chi connectivity index (χ2n) is 5.21. The van der Waals surface area contributed by atoms with E-state index in [4.69, 9.17) is 11.6 Å². The van der Waals surface area contributed by atoms with Gasteiger partial charge in [-0.15, -0.1) is 10.2 Å². The van der Waals surface area contributed by atoms with Gasteiger partial charge in [0.25, 0.3) is 0 Å². The minimum atomic E-state index is 0.296. The molecule has 3 nitrogen and oxygen atoms in total. The van der Waals surface area contributed by atoms with Gasteiger partial charge in [-0.3, -0.25) is 4.57 Å². The molecule has 0 aliphatic heterocycles. The van der Waals surface area contributed by atoms with Gasteiger partial charge in [0.1, 0.15) is 5.82 Å². The number of aromatic nitrogens is 3. The molecule has 0 radical (unpaired) electrons. The van der Waals surface area contributed by atoms with Crippen LogP contribution in [0.1, 0.15) is 31.2 Å². The first kappa shape index (κ1) is 13.1. The van der Waals surface area contributed by atoms with Gasteiger partial charge < -0.3 is 0 Å². The van der Waals surface area contributed by atoms with Crippen molar-refractivity contribution in [2.75, 3.05) is 0 Å². The van der Waals surface area contributed by atoms with E-state index in [9.17, 15) is 0 Å². The van der Waals surface area contributed by atoms with Gasteiger partial charge in [-0.25, -0.2) is 0 Å². The number of hydrogen-bond acceptors (Lipinski definition) is 2. The average Bonchev–Trinajstić information content (AvgIpc) is 2.81. The van der Waals surface area contributed by atoms with Crippen LogP contribution < -0.4 is 0 Å². The number of nitrogens with zero attached hydrogens (tertiary/aromatic N) is 3. The maximum Gasteiger partial charge on any atom is 0.225 e. The van der Waals surface area contributed by atoms with E-state index < -0.39 is 0 Å². The Hall–Kier alpha value is -1.87. The smallest absolute Gasteiger partial charge is 0.225 e. The maximum absolute atomic E-state index is 6.18. The summed E-state index contributed by atoms with van der Waals surface area (Å²) in [6.07, 6.45) is 0. The molecule has 0 saturated carbocycles. The van der Waals surface area contributed by atoms with Crippen LogP contribution in [0.4, 0.5) is 0 Å². The van der Waals surface area contributed by atoms with Crippen LogP contribution in [0.5, 0.6) is 0 Å². The lowest BCUT2D eigenvalue weighted by Crippen LogP contribution is -2.07. The van der Waals surface area contributed by atoms with Gasteiger partial charge in [0, 0.05) is 5.92 Å². The first-order chi connectivity index (χ1) is 9.66. The van der Waals surface area contributed by atoms with Crippen LogP contribution in [0.25, 0.3) is 10.8 Å². The molecule has 102 valence electrons. The molecule has 3 aromatic rings. The summed E-state index contributed by atoms with van der Waals surface area (Å²) in [5.41, 5.74) is 1.23. The molecule has 0 N–H and O–H groups in total. The van der Waals surface area contributed by atoms with Gasteiger partial charge >= 0.3 is 0 Å². The van der Waals surface area contributed by atoms with Crippen molar-refractivity contribution in [3.05, 3.63) is 59.1 Å². The zero-order chi connectivity index (χ0) is 14.1. The lowest BCUT2D eigenvalue weighted by Gasteiger charge is -2.12. The zero-order valence-electron chi connectivity index (χ0n) is 11.5. The molecule has 0 spiro atoms. The lowest BCUT2D eigenvalue weighted by molar-refractivity contribution is 0.671. The van der Waals surface area contributed by atoms with E-state index >= 15 is 0 Å². The highest BCUT2D eigenvalue weighted by Gasteiger charge is 2.14. The summed E-state index contributed by atoms with van der Waals surface area (Å²) in [4.78, 5) is 0. The Bertz CT molecular complexity index is 741. The second-order valence-corrected chi connectivity index (χ2v) is 5.54. The summed E-state index contributed by atoms with van der Waals surface area (Å²) in [7, 11) is 0. The molecule has 0 aliphatic carbocycles. The van der Waals surface area contributed by atoms with Gasteiger partial charge in [0.2, 0.25) is 5.28 Å². The fraction of sp³-hybridized carbons (Fsp3) is 0.250. The van der Waals surface area contributed by atoms with E-state index in [0.717, 1.165) is 5.82 Å². The molecule has 0 aliphatic rings. The van der Waals surface area contributed by atoms with Crippen LogP contribution in [0.15, 0.2) is 42.5 Å². The van der Waals surface area contributed by atoms with Crippen molar-refractivity contribution in [2.24, 2.45) is 0 Å². The molecule has 20 heavy (non-hydrogen) atoms. The van der Waals surface area contributed by atoms with Crippen molar-refractivity contribution >= 4 is 22.4 Å². The first-order valence-corrected chi connectivity index (χ1v) is 7.10. The number of rotatable bonds is 3. The van der Waals surface area contributed by atoms with Gasteiger partial charge in [0.05, 0.1) is 6.54 Å². The first-order valence-electron chi connectivity index (χ1n) is 6.72. The van der Waals surface area contributed by atoms with Crippen LogP contribution in [-0.2, 0) is 6.54 Å². The van der Waals surface area contributed by atoms with Crippen LogP contribution >= 0.6 is 11.6 Å². The minimum Gasteiger partial charge on any atom is -0.297 e. The number of halogens is 1. The van der Waals surface area contributed by atoms with E-state index in [1.807, 2.05) is 4.57 Å². The molecular formula is C16H16ClN3. The molecule has 1 heterocycles. The van der Waals surface area contributed by atoms with Crippen molar-refractivity contribution < 1.29 is 0 Å². The summed E-state index contributed by atoms with van der Waals surface area (Å²) < 4.78 is 1.98. The largest absolute Gasteiger partial charge is 0.297 e. The molecule has 0 amide bonds. The van der Waals surface area contributed by atoms with Gasteiger partial charge in [-0.05, 0) is 27.9 Å². The van der Waals surface area contributed by atoms with Crippen molar-refractivity contribution in [3.8, 4) is 0 Å². The van der Waals surface area contributed by atoms with E-state index in [1.54, 1.807) is 0 Å². The fourth-order valence-corrected chi connectivity index (χ4v) is 2.65. The Labute approximate surface area is 123 Å². The van der Waals surface area contributed by atoms with Crippen LogP contribution in [-0.4, -0.2) is 14.8 Å². The van der Waals surface area contributed by atoms with Gasteiger partial charge in [-0.1, -0.05) is 56.3 Å². The number of hydrogen-bond donors (Lipinski definition) is 0. The van der Waals surface area contributed by atoms with Crippen molar-refractivity contribution in [1.82, 2.24) is 14.8 Å². The quantitative estimate of drug-likeness (QED) is 0.720. The topological polar surface area (TPSA) is 30.7 Å². The Kier molecular flexibility index (Phi) is 3.45. The zero-order valence-corrected chi connectivity index (χ0v) is 12.3. The third-order valence-corrected chi connectivity index (χ3v) is 3.74. The van der Waals surface area contributed by atoms with Crippen molar-refractivity contribution in [3.63, 3.8) is 0 Å². The van der Waals surface area contributed by atoms with Gasteiger partial charge in [0.15, 0.2) is 0 Å². The molecule has 0 bridgehead atoms. The third kappa shape index (κ3) is 2.29. The van der Waals surface area contributed by atoms with Crippen molar-refractivity contribution in [1.29, 1.82) is 0 Å². The monoisotopic (exact) mass is 285 g/mol. The predicted octanol–water partition coefficient (Wildman–Crippen LogP) is 4.26. The normalized spacial score (nSPS) is 11.4. The SMILES string of the molecule is CC(C)c1nnc(Cl)n1Cc1cccc2ccccc12. The van der Waals surface area contributed by atoms with Crippen LogP contribution in [0.2, 0.25) is 5.28 Å². The molecule has 3 rings (SSSR count). The maximum atomic E-state index is 6.18. The lowest BCUT2D eigenvalue weighted by atomic mass is 10.0. The Morgan fingerprint density at radius 2 is 1.80 bits per heavy atom. The van der Waals surface area contributed by atoms with E-state index in [0.29, 0.717) is 17.7 Å². The molecule has 0 atom stereocenters. The summed E-state index contributed by atoms with van der Waals surface area (Å²) in [6, 6.07) is 14.7. The molecular weight excluding hydrogens is 270 g/mol. The molecule has 0 saturated heterocycles. The highest BCUT2D eigenvalue weighted by molar-refractivity contribution is 6.28. The number of fused-ring (bicyclic) bond motifs is 1. The standard InChI is InChI=1S/C16H16ClN3/c1-11(2)15-18-19-16(17)20(15)10-13-8-5-7-12-6-3-4-9-14(12)13/h3-9,11H,10H2,1-2H3. The molecule has 4 heteroatoms. The number of benzene rings is 2. The molecule has 1 aromatic heterocycles. The molecule has 2 aromatic carbocycles. The van der Waals surface area contributed by atoms with E-state index in [-0.39, 0.29) is 0 Å². The summed E-state index contributed by atoms with van der Waals surface area (Å²) in [6.45, 7) is 4.89. The Morgan fingerprint density at radius 3 is 2.60 bits per heavy atom. The highest BCUT2D eigenvalue weighted by Crippen LogP contribution is 2.23.